The molecule has 0 heterocycles. The summed E-state index contributed by atoms with van der Waals surface area (Å²) in [5, 5.41) is 2.91. The summed E-state index contributed by atoms with van der Waals surface area (Å²) >= 11 is 0. The number of nitrogens with two attached hydrogens (primary N) is 1. The number of benzene rings is 1. The van der Waals surface area contributed by atoms with E-state index < -0.39 is 0 Å². The summed E-state index contributed by atoms with van der Waals surface area (Å²) in [4.78, 5) is 12.0. The zero-order valence-electron chi connectivity index (χ0n) is 11.7. The molecule has 1 fully saturated rings. The monoisotopic (exact) mass is 272 g/mol. The van der Waals surface area contributed by atoms with Crippen LogP contribution >= 0.6 is 0 Å². The fourth-order valence-corrected chi connectivity index (χ4v) is 2.20. The molecular weight excluding hydrogens is 252 g/mol. The van der Waals surface area contributed by atoms with Crippen LogP contribution in [0.4, 0.5) is 5.69 Å². The van der Waals surface area contributed by atoms with Crippen LogP contribution in [-0.4, -0.2) is 19.6 Å². The Labute approximate surface area is 119 Å². The topological polar surface area (TPSA) is 64.3 Å². The van der Waals surface area contributed by atoms with Crippen molar-refractivity contribution < 1.29 is 9.53 Å². The molecule has 0 aliphatic heterocycles. The Hall–Kier alpha value is -1.99. The van der Waals surface area contributed by atoms with Gasteiger partial charge < -0.3 is 15.8 Å². The number of amides is 1. The summed E-state index contributed by atoms with van der Waals surface area (Å²) < 4.78 is 5.26. The molecule has 4 heteroatoms. The summed E-state index contributed by atoms with van der Waals surface area (Å²) in [5.74, 6) is 6.97. The number of nitrogens with one attached hydrogen (secondary N) is 1. The molecule has 1 aromatic carbocycles. The zero-order chi connectivity index (χ0) is 14.4. The molecule has 0 atom stereocenters. The van der Waals surface area contributed by atoms with E-state index >= 15 is 0 Å². The van der Waals surface area contributed by atoms with Crippen molar-refractivity contribution in [2.24, 2.45) is 11.7 Å². The summed E-state index contributed by atoms with van der Waals surface area (Å²) in [6.45, 7) is 0.315. The Morgan fingerprint density at radius 1 is 1.50 bits per heavy atom. The fourth-order valence-electron chi connectivity index (χ4n) is 2.20. The van der Waals surface area contributed by atoms with Crippen molar-refractivity contribution in [3.05, 3.63) is 23.8 Å². The molecule has 0 aromatic heterocycles. The molecule has 0 radical (unpaired) electrons. The molecule has 106 valence electrons. The standard InChI is InChI=1S/C16H20N2O2/c1-20-15-8-7-13(6-3-9-17)10-14(15)18-16(19)11-12-4-2-5-12/h7-8,10,12H,2,4-5,9,11,17H2,1H3,(H,18,19). The van der Waals surface area contributed by atoms with Crippen molar-refractivity contribution in [2.45, 2.75) is 25.7 Å². The van der Waals surface area contributed by atoms with Gasteiger partial charge in [-0.15, -0.1) is 0 Å². The van der Waals surface area contributed by atoms with Crippen molar-refractivity contribution in [1.29, 1.82) is 0 Å². The Kier molecular flexibility index (Phi) is 5.03. The van der Waals surface area contributed by atoms with Gasteiger partial charge >= 0.3 is 0 Å². The van der Waals surface area contributed by atoms with Crippen LogP contribution in [0.2, 0.25) is 0 Å². The first-order valence-corrected chi connectivity index (χ1v) is 6.89. The van der Waals surface area contributed by atoms with Crippen LogP contribution < -0.4 is 15.8 Å². The molecule has 1 saturated carbocycles. The molecule has 1 aliphatic rings. The van der Waals surface area contributed by atoms with Crippen LogP contribution in [0.25, 0.3) is 0 Å². The second kappa shape index (κ2) is 6.97. The number of anilines is 1. The summed E-state index contributed by atoms with van der Waals surface area (Å²) in [7, 11) is 1.59. The SMILES string of the molecule is COc1ccc(C#CCN)cc1NC(=O)CC1CCC1. The number of ether oxygens (including phenoxy) is 1. The van der Waals surface area contributed by atoms with E-state index in [1.165, 1.54) is 6.42 Å². The van der Waals surface area contributed by atoms with Crippen LogP contribution in [0, 0.1) is 17.8 Å². The lowest BCUT2D eigenvalue weighted by atomic mass is 9.83. The van der Waals surface area contributed by atoms with E-state index in [1.54, 1.807) is 13.2 Å². The minimum atomic E-state index is 0.0388. The first kappa shape index (κ1) is 14.4. The van der Waals surface area contributed by atoms with E-state index in [-0.39, 0.29) is 5.91 Å². The lowest BCUT2D eigenvalue weighted by Crippen LogP contribution is -2.21. The third kappa shape index (κ3) is 3.75. The van der Waals surface area contributed by atoms with Gasteiger partial charge in [0.05, 0.1) is 19.3 Å². The number of carbonyl (C=O) groups is 1. The van der Waals surface area contributed by atoms with E-state index in [0.29, 0.717) is 30.3 Å². The van der Waals surface area contributed by atoms with Gasteiger partial charge in [0.1, 0.15) is 5.75 Å². The average Bonchev–Trinajstić information content (AvgIpc) is 2.41. The van der Waals surface area contributed by atoms with Crippen molar-refractivity contribution in [3.63, 3.8) is 0 Å². The molecule has 1 aliphatic carbocycles. The molecule has 0 bridgehead atoms. The lowest BCUT2D eigenvalue weighted by Gasteiger charge is -2.24. The highest BCUT2D eigenvalue weighted by Gasteiger charge is 2.21. The largest absolute Gasteiger partial charge is 0.495 e. The van der Waals surface area contributed by atoms with Crippen LogP contribution in [0.1, 0.15) is 31.2 Å². The molecule has 3 N–H and O–H groups in total. The minimum absolute atomic E-state index is 0.0388. The van der Waals surface area contributed by atoms with Crippen molar-refractivity contribution >= 4 is 11.6 Å². The maximum absolute atomic E-state index is 12.0. The number of rotatable bonds is 4. The van der Waals surface area contributed by atoms with E-state index in [4.69, 9.17) is 10.5 Å². The molecule has 0 unspecified atom stereocenters. The lowest BCUT2D eigenvalue weighted by molar-refractivity contribution is -0.117. The molecule has 20 heavy (non-hydrogen) atoms. The van der Waals surface area contributed by atoms with Crippen LogP contribution in [0.3, 0.4) is 0 Å². The van der Waals surface area contributed by atoms with Gasteiger partial charge in [-0.1, -0.05) is 18.3 Å². The first-order valence-electron chi connectivity index (χ1n) is 6.89. The first-order chi connectivity index (χ1) is 9.72. The molecule has 4 nitrogen and oxygen atoms in total. The smallest absolute Gasteiger partial charge is 0.224 e. The second-order valence-corrected chi connectivity index (χ2v) is 4.97. The van der Waals surface area contributed by atoms with Crippen molar-refractivity contribution in [2.75, 3.05) is 19.0 Å². The van der Waals surface area contributed by atoms with E-state index in [0.717, 1.165) is 18.4 Å². The predicted octanol–water partition coefficient (Wildman–Crippen LogP) is 2.13. The molecule has 0 spiro atoms. The normalized spacial score (nSPS) is 13.9. The number of carbonyl (C=O) groups excluding carboxylic acids is 1. The van der Waals surface area contributed by atoms with Gasteiger partial charge in [-0.2, -0.15) is 0 Å². The maximum Gasteiger partial charge on any atom is 0.224 e. The average molecular weight is 272 g/mol. The van der Waals surface area contributed by atoms with Gasteiger partial charge in [0, 0.05) is 12.0 Å². The van der Waals surface area contributed by atoms with Crippen molar-refractivity contribution in [3.8, 4) is 17.6 Å². The number of hydrogen-bond donors (Lipinski definition) is 2. The summed E-state index contributed by atoms with van der Waals surface area (Å²) in [5.41, 5.74) is 6.84. The van der Waals surface area contributed by atoms with Gasteiger partial charge in [0.15, 0.2) is 0 Å². The van der Waals surface area contributed by atoms with E-state index in [1.807, 2.05) is 12.1 Å². The number of hydrogen-bond acceptors (Lipinski definition) is 3. The van der Waals surface area contributed by atoms with Gasteiger partial charge in [0.2, 0.25) is 5.91 Å². The summed E-state index contributed by atoms with van der Waals surface area (Å²) in [6, 6.07) is 5.47. The van der Waals surface area contributed by atoms with Gasteiger partial charge in [-0.05, 0) is 37.0 Å². The van der Waals surface area contributed by atoms with Gasteiger partial charge in [0.25, 0.3) is 0 Å². The number of methoxy groups -OCH3 is 1. The van der Waals surface area contributed by atoms with Gasteiger partial charge in [-0.3, -0.25) is 4.79 Å². The summed E-state index contributed by atoms with van der Waals surface area (Å²) in [6.07, 6.45) is 4.15. The molecule has 1 aromatic rings. The molecule has 1 amide bonds. The molecule has 2 rings (SSSR count). The van der Waals surface area contributed by atoms with E-state index in [2.05, 4.69) is 17.2 Å². The highest BCUT2D eigenvalue weighted by molar-refractivity contribution is 5.92. The quantitative estimate of drug-likeness (QED) is 0.825. The fraction of sp³-hybridized carbons (Fsp3) is 0.438. The van der Waals surface area contributed by atoms with Gasteiger partial charge in [-0.25, -0.2) is 0 Å². The van der Waals surface area contributed by atoms with Crippen LogP contribution in [0.5, 0.6) is 5.75 Å². The van der Waals surface area contributed by atoms with Crippen LogP contribution in [0.15, 0.2) is 18.2 Å². The maximum atomic E-state index is 12.0. The third-order valence-corrected chi connectivity index (χ3v) is 3.51. The highest BCUT2D eigenvalue weighted by atomic mass is 16.5. The Bertz CT molecular complexity index is 539. The Morgan fingerprint density at radius 3 is 2.90 bits per heavy atom. The highest BCUT2D eigenvalue weighted by Crippen LogP contribution is 2.31. The zero-order valence-corrected chi connectivity index (χ0v) is 11.7. The van der Waals surface area contributed by atoms with E-state index in [9.17, 15) is 4.79 Å². The third-order valence-electron chi connectivity index (χ3n) is 3.51. The molecular formula is C16H20N2O2. The minimum Gasteiger partial charge on any atom is -0.495 e. The Balaban J connectivity index is 2.08. The second-order valence-electron chi connectivity index (χ2n) is 4.97. The van der Waals surface area contributed by atoms with Crippen molar-refractivity contribution in [1.82, 2.24) is 0 Å². The van der Waals surface area contributed by atoms with Crippen LogP contribution in [-0.2, 0) is 4.79 Å². The predicted molar refractivity (Wildman–Crippen MR) is 79.5 cm³/mol. The molecule has 0 saturated heterocycles. The Morgan fingerprint density at radius 2 is 2.30 bits per heavy atom.